The van der Waals surface area contributed by atoms with Crippen LogP contribution in [-0.4, -0.2) is 50.1 Å². The van der Waals surface area contributed by atoms with Gasteiger partial charge in [0.25, 0.3) is 0 Å². The van der Waals surface area contributed by atoms with Gasteiger partial charge in [0.05, 0.1) is 12.3 Å². The summed E-state index contributed by atoms with van der Waals surface area (Å²) in [6, 6.07) is 7.22. The van der Waals surface area contributed by atoms with Gasteiger partial charge in [0, 0.05) is 26.8 Å². The minimum atomic E-state index is -0.324. The molecule has 0 radical (unpaired) electrons. The lowest BCUT2D eigenvalue weighted by atomic mass is 9.96. The van der Waals surface area contributed by atoms with E-state index in [-0.39, 0.29) is 18.2 Å². The highest BCUT2D eigenvalue weighted by atomic mass is 16.5. The van der Waals surface area contributed by atoms with Crippen LogP contribution in [0.1, 0.15) is 32.6 Å². The van der Waals surface area contributed by atoms with E-state index in [1.165, 1.54) is 0 Å². The minimum Gasteiger partial charge on any atom is -0.492 e. The van der Waals surface area contributed by atoms with Crippen LogP contribution < -0.4 is 10.1 Å². The molecule has 1 aromatic rings. The molecule has 0 aliphatic carbocycles. The molecule has 1 aliphatic heterocycles. The van der Waals surface area contributed by atoms with Crippen LogP contribution in [0.3, 0.4) is 0 Å². The third-order valence-corrected chi connectivity index (χ3v) is 4.41. The van der Waals surface area contributed by atoms with Crippen LogP contribution in [0.15, 0.2) is 24.3 Å². The molecular weight excluding hydrogens is 320 g/mol. The number of carbonyl (C=O) groups excluding carboxylic acids is 2. The summed E-state index contributed by atoms with van der Waals surface area (Å²) in [4.78, 5) is 26.0. The van der Waals surface area contributed by atoms with E-state index < -0.39 is 0 Å². The Bertz CT molecular complexity index is 570. The Morgan fingerprint density at radius 1 is 1.28 bits per heavy atom. The lowest BCUT2D eigenvalue weighted by Gasteiger charge is -2.24. The minimum absolute atomic E-state index is 0.162. The monoisotopic (exact) mass is 348 g/mol. The first-order valence-corrected chi connectivity index (χ1v) is 8.93. The molecule has 1 aliphatic rings. The zero-order valence-electron chi connectivity index (χ0n) is 15.1. The van der Waals surface area contributed by atoms with Crippen molar-refractivity contribution in [3.63, 3.8) is 0 Å². The Morgan fingerprint density at radius 3 is 2.72 bits per heavy atom. The van der Waals surface area contributed by atoms with Crippen molar-refractivity contribution in [3.8, 4) is 5.75 Å². The van der Waals surface area contributed by atoms with Gasteiger partial charge in [-0.25, -0.2) is 0 Å². The first-order chi connectivity index (χ1) is 12.1. The van der Waals surface area contributed by atoms with Gasteiger partial charge in [0.2, 0.25) is 11.8 Å². The number of rotatable bonds is 8. The maximum atomic E-state index is 12.2. The van der Waals surface area contributed by atoms with Crippen molar-refractivity contribution in [2.75, 3.05) is 38.7 Å². The second kappa shape index (κ2) is 10.0. The molecular formula is C19H28N2O4. The van der Waals surface area contributed by atoms with E-state index in [0.717, 1.165) is 32.5 Å². The van der Waals surface area contributed by atoms with Gasteiger partial charge in [0.1, 0.15) is 12.2 Å². The molecule has 6 heteroatoms. The van der Waals surface area contributed by atoms with E-state index in [1.807, 2.05) is 19.1 Å². The number of benzene rings is 1. The summed E-state index contributed by atoms with van der Waals surface area (Å²) in [5.41, 5.74) is 0.590. The normalized spacial score (nSPS) is 14.8. The molecule has 1 aromatic carbocycles. The SMILES string of the molecule is CCOc1ccccc1NC(=O)CC(=O)N(C)CCC1CCOCC1. The number of carbonyl (C=O) groups is 2. The van der Waals surface area contributed by atoms with Gasteiger partial charge in [-0.05, 0) is 44.2 Å². The number of anilines is 1. The highest BCUT2D eigenvalue weighted by Gasteiger charge is 2.18. The summed E-state index contributed by atoms with van der Waals surface area (Å²) >= 11 is 0. The van der Waals surface area contributed by atoms with E-state index in [1.54, 1.807) is 24.1 Å². The van der Waals surface area contributed by atoms with E-state index in [4.69, 9.17) is 9.47 Å². The van der Waals surface area contributed by atoms with Crippen molar-refractivity contribution in [1.82, 2.24) is 4.90 Å². The van der Waals surface area contributed by atoms with Crippen LogP contribution in [0.25, 0.3) is 0 Å². The van der Waals surface area contributed by atoms with Gasteiger partial charge in [-0.2, -0.15) is 0 Å². The Labute approximate surface area is 149 Å². The highest BCUT2D eigenvalue weighted by Crippen LogP contribution is 2.24. The molecule has 0 spiro atoms. The predicted molar refractivity (Wildman–Crippen MR) is 96.7 cm³/mol. The molecule has 1 heterocycles. The summed E-state index contributed by atoms with van der Waals surface area (Å²) in [7, 11) is 1.75. The first-order valence-electron chi connectivity index (χ1n) is 8.93. The highest BCUT2D eigenvalue weighted by molar-refractivity contribution is 6.04. The van der Waals surface area contributed by atoms with Crippen molar-refractivity contribution in [1.29, 1.82) is 0 Å². The molecule has 0 saturated carbocycles. The van der Waals surface area contributed by atoms with Crippen molar-refractivity contribution >= 4 is 17.5 Å². The standard InChI is InChI=1S/C19H28N2O4/c1-3-25-17-7-5-4-6-16(17)20-18(22)14-19(23)21(2)11-8-15-9-12-24-13-10-15/h4-7,15H,3,8-14H2,1-2H3,(H,20,22). The van der Waals surface area contributed by atoms with Crippen LogP contribution in [0.2, 0.25) is 0 Å². The number of hydrogen-bond acceptors (Lipinski definition) is 4. The smallest absolute Gasteiger partial charge is 0.233 e. The summed E-state index contributed by atoms with van der Waals surface area (Å²) in [6.45, 7) is 4.69. The molecule has 1 fully saturated rings. The molecule has 0 aromatic heterocycles. The largest absolute Gasteiger partial charge is 0.492 e. The fourth-order valence-corrected chi connectivity index (χ4v) is 2.85. The van der Waals surface area contributed by atoms with Gasteiger partial charge in [-0.15, -0.1) is 0 Å². The Balaban J connectivity index is 1.78. The number of para-hydroxylation sites is 2. The molecule has 2 amide bonds. The molecule has 6 nitrogen and oxygen atoms in total. The maximum absolute atomic E-state index is 12.2. The predicted octanol–water partition coefficient (Wildman–Crippen LogP) is 2.69. The van der Waals surface area contributed by atoms with Crippen molar-refractivity contribution < 1.29 is 19.1 Å². The second-order valence-corrected chi connectivity index (χ2v) is 6.31. The van der Waals surface area contributed by atoms with Crippen molar-refractivity contribution in [2.24, 2.45) is 5.92 Å². The van der Waals surface area contributed by atoms with Crippen molar-refractivity contribution in [2.45, 2.75) is 32.6 Å². The maximum Gasteiger partial charge on any atom is 0.233 e. The van der Waals surface area contributed by atoms with E-state index in [2.05, 4.69) is 5.32 Å². The van der Waals surface area contributed by atoms with E-state index in [0.29, 0.717) is 30.5 Å². The van der Waals surface area contributed by atoms with Gasteiger partial charge in [0.15, 0.2) is 0 Å². The van der Waals surface area contributed by atoms with Gasteiger partial charge < -0.3 is 19.7 Å². The summed E-state index contributed by atoms with van der Waals surface area (Å²) in [5.74, 6) is 0.725. The molecule has 138 valence electrons. The topological polar surface area (TPSA) is 67.9 Å². The molecule has 2 rings (SSSR count). The van der Waals surface area contributed by atoms with Crippen molar-refractivity contribution in [3.05, 3.63) is 24.3 Å². The first kappa shape index (κ1) is 19.2. The molecule has 0 bridgehead atoms. The molecule has 0 unspecified atom stereocenters. The zero-order chi connectivity index (χ0) is 18.1. The molecule has 0 atom stereocenters. The van der Waals surface area contributed by atoms with Crippen LogP contribution >= 0.6 is 0 Å². The number of nitrogens with zero attached hydrogens (tertiary/aromatic N) is 1. The third kappa shape index (κ3) is 6.38. The van der Waals surface area contributed by atoms with Crippen LogP contribution in [0.5, 0.6) is 5.75 Å². The molecule has 25 heavy (non-hydrogen) atoms. The average molecular weight is 348 g/mol. The summed E-state index contributed by atoms with van der Waals surface area (Å²) in [5, 5.41) is 2.76. The third-order valence-electron chi connectivity index (χ3n) is 4.41. The Hall–Kier alpha value is -2.08. The lowest BCUT2D eigenvalue weighted by Crippen LogP contribution is -2.32. The number of amides is 2. The summed E-state index contributed by atoms with van der Waals surface area (Å²) < 4.78 is 10.8. The second-order valence-electron chi connectivity index (χ2n) is 6.31. The van der Waals surface area contributed by atoms with Gasteiger partial charge in [-0.3, -0.25) is 9.59 Å². The molecule has 1 saturated heterocycles. The number of ether oxygens (including phenoxy) is 2. The quantitative estimate of drug-likeness (QED) is 0.734. The number of hydrogen-bond donors (Lipinski definition) is 1. The van der Waals surface area contributed by atoms with E-state index in [9.17, 15) is 9.59 Å². The number of nitrogens with one attached hydrogen (secondary N) is 1. The average Bonchev–Trinajstić information content (AvgIpc) is 2.62. The van der Waals surface area contributed by atoms with Crippen LogP contribution in [0, 0.1) is 5.92 Å². The lowest BCUT2D eigenvalue weighted by molar-refractivity contribution is -0.133. The van der Waals surface area contributed by atoms with Gasteiger partial charge >= 0.3 is 0 Å². The summed E-state index contributed by atoms with van der Waals surface area (Å²) in [6.07, 6.45) is 2.90. The Morgan fingerprint density at radius 2 is 2.00 bits per heavy atom. The van der Waals surface area contributed by atoms with Crippen LogP contribution in [-0.2, 0) is 14.3 Å². The molecule has 1 N–H and O–H groups in total. The van der Waals surface area contributed by atoms with E-state index >= 15 is 0 Å². The fourth-order valence-electron chi connectivity index (χ4n) is 2.85. The zero-order valence-corrected chi connectivity index (χ0v) is 15.1. The van der Waals surface area contributed by atoms with Crippen LogP contribution in [0.4, 0.5) is 5.69 Å². The fraction of sp³-hybridized carbons (Fsp3) is 0.579. The Kier molecular flexibility index (Phi) is 7.73. The van der Waals surface area contributed by atoms with Gasteiger partial charge in [-0.1, -0.05) is 12.1 Å².